The van der Waals surface area contributed by atoms with E-state index in [9.17, 15) is 9.18 Å². The quantitative estimate of drug-likeness (QED) is 0.425. The maximum atomic E-state index is 14.5. The van der Waals surface area contributed by atoms with E-state index < -0.39 is 11.4 Å². The van der Waals surface area contributed by atoms with Gasteiger partial charge >= 0.3 is 0 Å². The third-order valence-electron chi connectivity index (χ3n) is 4.51. The van der Waals surface area contributed by atoms with Crippen molar-refractivity contribution in [1.82, 2.24) is 20.3 Å². The lowest BCUT2D eigenvalue weighted by molar-refractivity contribution is 0.463. The van der Waals surface area contributed by atoms with Crippen molar-refractivity contribution in [2.24, 2.45) is 0 Å². The highest BCUT2D eigenvalue weighted by atomic mass is 79.9. The lowest BCUT2D eigenvalue weighted by atomic mass is 10.2. The molecule has 2 fully saturated rings. The molecule has 4 rings (SSSR count). The van der Waals surface area contributed by atoms with Crippen LogP contribution >= 0.6 is 40.3 Å². The topological polar surface area (TPSA) is 73.9 Å². The SMILES string of the molecule is Br.CCSc1nc(N2CC3CCC(C2)N3)c2c(=O)[nH]c(Cl)c(F)c2n1. The summed E-state index contributed by atoms with van der Waals surface area (Å²) in [6, 6.07) is 0.763. The number of H-pyrrole nitrogens is 1. The van der Waals surface area contributed by atoms with Crippen molar-refractivity contribution in [3.63, 3.8) is 0 Å². The fourth-order valence-electron chi connectivity index (χ4n) is 3.51. The van der Waals surface area contributed by atoms with Crippen LogP contribution in [0.1, 0.15) is 19.8 Å². The van der Waals surface area contributed by atoms with Crippen molar-refractivity contribution in [3.8, 4) is 0 Å². The number of halogens is 3. The molecule has 0 aliphatic carbocycles. The molecule has 10 heteroatoms. The Balaban J connectivity index is 0.00000182. The van der Waals surface area contributed by atoms with Crippen LogP contribution in [0.5, 0.6) is 0 Å². The molecule has 0 spiro atoms. The van der Waals surface area contributed by atoms with Crippen LogP contribution in [0.15, 0.2) is 9.95 Å². The van der Waals surface area contributed by atoms with Crippen molar-refractivity contribution in [2.75, 3.05) is 23.7 Å². The Kier molecular flexibility index (Phi) is 5.57. The summed E-state index contributed by atoms with van der Waals surface area (Å²) in [5.74, 6) is 0.563. The number of aromatic nitrogens is 3. The van der Waals surface area contributed by atoms with Crippen LogP contribution in [0, 0.1) is 5.82 Å². The maximum absolute atomic E-state index is 14.5. The number of pyridine rings is 1. The average molecular weight is 451 g/mol. The van der Waals surface area contributed by atoms with Crippen molar-refractivity contribution < 1.29 is 4.39 Å². The fourth-order valence-corrected chi connectivity index (χ4v) is 4.25. The second kappa shape index (κ2) is 7.38. The van der Waals surface area contributed by atoms with Gasteiger partial charge in [-0.3, -0.25) is 4.79 Å². The highest BCUT2D eigenvalue weighted by Gasteiger charge is 2.34. The number of hydrogen-bond donors (Lipinski definition) is 2. The van der Waals surface area contributed by atoms with E-state index in [-0.39, 0.29) is 33.0 Å². The summed E-state index contributed by atoms with van der Waals surface area (Å²) in [4.78, 5) is 25.6. The molecule has 4 heterocycles. The molecule has 2 N–H and O–H groups in total. The summed E-state index contributed by atoms with van der Waals surface area (Å²) in [7, 11) is 0. The molecule has 2 aliphatic rings. The van der Waals surface area contributed by atoms with Gasteiger partial charge in [-0.2, -0.15) is 0 Å². The molecule has 6 nitrogen and oxygen atoms in total. The third-order valence-corrected chi connectivity index (χ3v) is 5.50. The summed E-state index contributed by atoms with van der Waals surface area (Å²) in [6.07, 6.45) is 2.22. The van der Waals surface area contributed by atoms with E-state index in [0.29, 0.717) is 23.1 Å². The molecule has 136 valence electrons. The number of thioether (sulfide) groups is 1. The molecule has 2 atom stereocenters. The average Bonchev–Trinajstić information content (AvgIpc) is 2.90. The zero-order valence-corrected chi connectivity index (χ0v) is 16.8. The molecule has 2 unspecified atom stereocenters. The molecule has 0 aromatic carbocycles. The number of nitrogens with one attached hydrogen (secondary N) is 2. The van der Waals surface area contributed by atoms with Crippen LogP contribution in [0.2, 0.25) is 5.15 Å². The summed E-state index contributed by atoms with van der Waals surface area (Å²) in [6.45, 7) is 3.48. The second-order valence-electron chi connectivity index (χ2n) is 6.11. The highest BCUT2D eigenvalue weighted by molar-refractivity contribution is 8.93. The normalized spacial score (nSPS) is 22.3. The molecular weight excluding hydrogens is 433 g/mol. The van der Waals surface area contributed by atoms with E-state index in [1.807, 2.05) is 6.92 Å². The molecule has 0 radical (unpaired) electrons. The highest BCUT2D eigenvalue weighted by Crippen LogP contribution is 2.31. The van der Waals surface area contributed by atoms with Crippen LogP contribution in [0.4, 0.5) is 10.2 Å². The molecular formula is C15H18BrClFN5OS. The van der Waals surface area contributed by atoms with Gasteiger partial charge in [0, 0.05) is 25.2 Å². The molecule has 2 bridgehead atoms. The Morgan fingerprint density at radius 3 is 2.64 bits per heavy atom. The first-order chi connectivity index (χ1) is 11.6. The van der Waals surface area contributed by atoms with E-state index in [4.69, 9.17) is 11.6 Å². The monoisotopic (exact) mass is 449 g/mol. The van der Waals surface area contributed by atoms with E-state index in [0.717, 1.165) is 31.7 Å². The molecule has 2 aromatic rings. The number of hydrogen-bond acceptors (Lipinski definition) is 6. The zero-order valence-electron chi connectivity index (χ0n) is 13.5. The number of rotatable bonds is 3. The number of nitrogens with zero attached hydrogens (tertiary/aromatic N) is 3. The van der Waals surface area contributed by atoms with Gasteiger partial charge in [0.05, 0.1) is 0 Å². The molecule has 2 aliphatic heterocycles. The minimum absolute atomic E-state index is 0. The number of fused-ring (bicyclic) bond motifs is 3. The van der Waals surface area contributed by atoms with Gasteiger partial charge in [-0.1, -0.05) is 30.3 Å². The van der Waals surface area contributed by atoms with E-state index in [2.05, 4.69) is 25.2 Å². The first-order valence-corrected chi connectivity index (χ1v) is 9.36. The third kappa shape index (κ3) is 3.39. The Hall–Kier alpha value is -0.900. The standard InChI is InChI=1S/C15H17ClFN5OS.BrH/c1-2-24-15-19-11-9(14(23)20-12(16)10(11)17)13(21-15)22-5-7-3-4-8(6-22)18-7;/h7-8,18H,2-6H2,1H3,(H,20,23);1H. The Bertz CT molecular complexity index is 854. The Morgan fingerprint density at radius 2 is 2.00 bits per heavy atom. The van der Waals surface area contributed by atoms with E-state index >= 15 is 0 Å². The van der Waals surface area contributed by atoms with Gasteiger partial charge in [0.2, 0.25) is 0 Å². The Morgan fingerprint density at radius 1 is 1.32 bits per heavy atom. The fraction of sp³-hybridized carbons (Fsp3) is 0.533. The van der Waals surface area contributed by atoms with Crippen molar-refractivity contribution >= 4 is 57.1 Å². The predicted molar refractivity (Wildman–Crippen MR) is 104 cm³/mol. The number of piperazine rings is 1. The van der Waals surface area contributed by atoms with Gasteiger partial charge in [0.15, 0.2) is 11.0 Å². The predicted octanol–water partition coefficient (Wildman–Crippen LogP) is 2.74. The molecule has 0 amide bonds. The lowest BCUT2D eigenvalue weighted by Gasteiger charge is -2.34. The summed E-state index contributed by atoms with van der Waals surface area (Å²) in [5, 5.41) is 3.87. The van der Waals surface area contributed by atoms with Crippen LogP contribution in [-0.4, -0.2) is 45.9 Å². The lowest BCUT2D eigenvalue weighted by Crippen LogP contribution is -2.51. The maximum Gasteiger partial charge on any atom is 0.262 e. The zero-order chi connectivity index (χ0) is 16.8. The summed E-state index contributed by atoms with van der Waals surface area (Å²) >= 11 is 7.21. The molecule has 2 saturated heterocycles. The van der Waals surface area contributed by atoms with Gasteiger partial charge in [0.25, 0.3) is 5.56 Å². The van der Waals surface area contributed by atoms with E-state index in [1.165, 1.54) is 11.8 Å². The van der Waals surface area contributed by atoms with Gasteiger partial charge in [-0.05, 0) is 18.6 Å². The Labute approximate surface area is 163 Å². The summed E-state index contributed by atoms with van der Waals surface area (Å²) < 4.78 is 14.5. The van der Waals surface area contributed by atoms with Crippen LogP contribution < -0.4 is 15.8 Å². The number of anilines is 1. The number of aromatic amines is 1. The van der Waals surface area contributed by atoms with Gasteiger partial charge in [-0.25, -0.2) is 14.4 Å². The van der Waals surface area contributed by atoms with Crippen LogP contribution in [0.3, 0.4) is 0 Å². The smallest absolute Gasteiger partial charge is 0.262 e. The molecule has 2 aromatic heterocycles. The van der Waals surface area contributed by atoms with Crippen molar-refractivity contribution in [1.29, 1.82) is 0 Å². The van der Waals surface area contributed by atoms with Crippen LogP contribution in [-0.2, 0) is 0 Å². The van der Waals surface area contributed by atoms with Crippen LogP contribution in [0.25, 0.3) is 10.9 Å². The second-order valence-corrected chi connectivity index (χ2v) is 7.72. The van der Waals surface area contributed by atoms with Gasteiger partial charge < -0.3 is 15.2 Å². The first-order valence-electron chi connectivity index (χ1n) is 7.99. The van der Waals surface area contributed by atoms with Crippen molar-refractivity contribution in [2.45, 2.75) is 37.0 Å². The largest absolute Gasteiger partial charge is 0.353 e. The van der Waals surface area contributed by atoms with Gasteiger partial charge in [0.1, 0.15) is 21.9 Å². The minimum atomic E-state index is -0.703. The van der Waals surface area contributed by atoms with Gasteiger partial charge in [-0.15, -0.1) is 17.0 Å². The summed E-state index contributed by atoms with van der Waals surface area (Å²) in [5.41, 5.74) is -0.457. The van der Waals surface area contributed by atoms with Crippen molar-refractivity contribution in [3.05, 3.63) is 21.3 Å². The minimum Gasteiger partial charge on any atom is -0.353 e. The molecule has 25 heavy (non-hydrogen) atoms. The first kappa shape index (κ1) is 18.9. The van der Waals surface area contributed by atoms with E-state index in [1.54, 1.807) is 0 Å². The molecule has 0 saturated carbocycles.